The van der Waals surface area contributed by atoms with Gasteiger partial charge < -0.3 is 5.32 Å². The maximum absolute atomic E-state index is 11.6. The third-order valence-electron chi connectivity index (χ3n) is 2.32. The molecule has 0 aromatic carbocycles. The van der Waals surface area contributed by atoms with Crippen molar-refractivity contribution in [2.24, 2.45) is 10.8 Å². The Morgan fingerprint density at radius 2 is 2.31 bits per heavy atom. The maximum Gasteiger partial charge on any atom is 0.252 e. The summed E-state index contributed by atoms with van der Waals surface area (Å²) in [6.07, 6.45) is 1.02. The summed E-state index contributed by atoms with van der Waals surface area (Å²) in [6, 6.07) is -0.566. The van der Waals surface area contributed by atoms with Crippen molar-refractivity contribution < 1.29 is 9.59 Å². The Morgan fingerprint density at radius 3 is 2.75 bits per heavy atom. The molecule has 16 heavy (non-hydrogen) atoms. The molecule has 2 amide bonds. The monoisotopic (exact) mass is 227 g/mol. The first kappa shape index (κ1) is 12.4. The normalized spacial score (nSPS) is 21.6. The number of nitrogens with two attached hydrogens (primary N) is 1. The molecule has 1 heterocycles. The first-order valence-corrected chi connectivity index (χ1v) is 5.18. The van der Waals surface area contributed by atoms with Gasteiger partial charge >= 0.3 is 0 Å². The first-order valence-electron chi connectivity index (χ1n) is 5.18. The summed E-state index contributed by atoms with van der Waals surface area (Å²) in [7, 11) is 1.46. The number of likely N-dealkylation sites (tertiary alicyclic amines) is 1. The molecule has 1 rings (SSSR count). The van der Waals surface area contributed by atoms with Crippen molar-refractivity contribution in [1.82, 2.24) is 15.6 Å². The summed E-state index contributed by atoms with van der Waals surface area (Å²) >= 11 is 0. The van der Waals surface area contributed by atoms with Crippen molar-refractivity contribution in [2.45, 2.75) is 25.8 Å². The Hall–Kier alpha value is -1.63. The molecule has 1 unspecified atom stereocenters. The van der Waals surface area contributed by atoms with Gasteiger partial charge in [-0.25, -0.2) is 5.84 Å². The van der Waals surface area contributed by atoms with Gasteiger partial charge in [0.25, 0.3) is 5.91 Å². The molecule has 7 heteroatoms. The van der Waals surface area contributed by atoms with Gasteiger partial charge in [-0.05, 0) is 6.42 Å². The molecular weight excluding hydrogens is 210 g/mol. The van der Waals surface area contributed by atoms with Gasteiger partial charge in [0.1, 0.15) is 6.04 Å². The van der Waals surface area contributed by atoms with E-state index in [0.29, 0.717) is 12.5 Å². The Kier molecular flexibility index (Phi) is 4.24. The average molecular weight is 227 g/mol. The number of nitrogens with one attached hydrogen (secondary N) is 2. The Morgan fingerprint density at radius 1 is 1.62 bits per heavy atom. The van der Waals surface area contributed by atoms with Gasteiger partial charge in [-0.3, -0.25) is 24.9 Å². The van der Waals surface area contributed by atoms with E-state index in [2.05, 4.69) is 15.7 Å². The minimum atomic E-state index is -0.566. The van der Waals surface area contributed by atoms with Gasteiger partial charge in [-0.1, -0.05) is 6.92 Å². The maximum atomic E-state index is 11.6. The van der Waals surface area contributed by atoms with Crippen LogP contribution in [0.25, 0.3) is 0 Å². The number of guanidine groups is 1. The number of aliphatic imine (C=N–C) groups is 1. The number of nitrogens with zero attached hydrogens (tertiary/aromatic N) is 2. The fourth-order valence-corrected chi connectivity index (χ4v) is 1.39. The SMILES string of the molecule is CCCN=C(NN)NC1CC(=O)N(C)C1=O. The van der Waals surface area contributed by atoms with Crippen LogP contribution in [0.3, 0.4) is 0 Å². The minimum absolute atomic E-state index is 0.141. The third-order valence-corrected chi connectivity index (χ3v) is 2.32. The number of hydrogen-bond donors (Lipinski definition) is 3. The highest BCUT2D eigenvalue weighted by molar-refractivity contribution is 6.06. The second kappa shape index (κ2) is 5.45. The van der Waals surface area contributed by atoms with Crippen LogP contribution in [0.15, 0.2) is 4.99 Å². The number of hydrogen-bond acceptors (Lipinski definition) is 4. The number of hydrazine groups is 1. The van der Waals surface area contributed by atoms with E-state index < -0.39 is 6.04 Å². The summed E-state index contributed by atoms with van der Waals surface area (Å²) in [5, 5.41) is 2.81. The standard InChI is InChI=1S/C9H17N5O2/c1-3-4-11-9(13-10)12-6-5-7(15)14(2)8(6)16/h6H,3-5,10H2,1-2H3,(H2,11,12,13). The van der Waals surface area contributed by atoms with Gasteiger partial charge in [0.15, 0.2) is 0 Å². The van der Waals surface area contributed by atoms with Gasteiger partial charge in [0.2, 0.25) is 11.9 Å². The van der Waals surface area contributed by atoms with Crippen molar-refractivity contribution in [3.8, 4) is 0 Å². The van der Waals surface area contributed by atoms with Gasteiger partial charge in [-0.15, -0.1) is 0 Å². The molecule has 0 radical (unpaired) electrons. The highest BCUT2D eigenvalue weighted by atomic mass is 16.2. The molecule has 7 nitrogen and oxygen atoms in total. The summed E-state index contributed by atoms with van der Waals surface area (Å²) in [4.78, 5) is 28.0. The molecule has 90 valence electrons. The van der Waals surface area contributed by atoms with Crippen LogP contribution in [-0.4, -0.2) is 42.3 Å². The van der Waals surface area contributed by atoms with E-state index in [1.54, 1.807) is 0 Å². The molecule has 1 aliphatic rings. The molecule has 1 aliphatic heterocycles. The summed E-state index contributed by atoms with van der Waals surface area (Å²) in [5.74, 6) is 5.13. The van der Waals surface area contributed by atoms with Crippen LogP contribution >= 0.6 is 0 Å². The molecule has 4 N–H and O–H groups in total. The zero-order valence-corrected chi connectivity index (χ0v) is 9.49. The lowest BCUT2D eigenvalue weighted by Crippen LogP contribution is -2.49. The fourth-order valence-electron chi connectivity index (χ4n) is 1.39. The largest absolute Gasteiger partial charge is 0.343 e. The van der Waals surface area contributed by atoms with E-state index in [-0.39, 0.29) is 18.2 Å². The zero-order valence-electron chi connectivity index (χ0n) is 9.49. The van der Waals surface area contributed by atoms with Gasteiger partial charge in [-0.2, -0.15) is 0 Å². The van der Waals surface area contributed by atoms with E-state index in [1.165, 1.54) is 7.05 Å². The van der Waals surface area contributed by atoms with E-state index in [1.807, 2.05) is 6.92 Å². The van der Waals surface area contributed by atoms with Crippen LogP contribution in [0, 0.1) is 0 Å². The van der Waals surface area contributed by atoms with Crippen molar-refractivity contribution in [2.75, 3.05) is 13.6 Å². The highest BCUT2D eigenvalue weighted by Crippen LogP contribution is 2.09. The number of amides is 2. The summed E-state index contributed by atoms with van der Waals surface area (Å²) in [5.41, 5.74) is 2.37. The highest BCUT2D eigenvalue weighted by Gasteiger charge is 2.36. The van der Waals surface area contributed by atoms with Crippen molar-refractivity contribution in [3.05, 3.63) is 0 Å². The Bertz CT molecular complexity index is 315. The number of rotatable bonds is 3. The first-order chi connectivity index (χ1) is 7.60. The van der Waals surface area contributed by atoms with Crippen LogP contribution in [0.2, 0.25) is 0 Å². The van der Waals surface area contributed by atoms with E-state index in [9.17, 15) is 9.59 Å². The summed E-state index contributed by atoms with van der Waals surface area (Å²) < 4.78 is 0. The van der Waals surface area contributed by atoms with Crippen LogP contribution in [-0.2, 0) is 9.59 Å². The molecule has 1 saturated heterocycles. The van der Waals surface area contributed by atoms with E-state index in [4.69, 9.17) is 5.84 Å². The van der Waals surface area contributed by atoms with Gasteiger partial charge in [0.05, 0.1) is 6.42 Å². The lowest BCUT2D eigenvalue weighted by atomic mass is 10.2. The molecule has 1 fully saturated rings. The lowest BCUT2D eigenvalue weighted by molar-refractivity contribution is -0.137. The number of likely N-dealkylation sites (N-methyl/N-ethyl adjacent to an activating group) is 1. The molecule has 1 atom stereocenters. The van der Waals surface area contributed by atoms with Crippen LogP contribution in [0.1, 0.15) is 19.8 Å². The molecule has 0 aliphatic carbocycles. The van der Waals surface area contributed by atoms with Crippen molar-refractivity contribution in [1.29, 1.82) is 0 Å². The third kappa shape index (κ3) is 2.69. The zero-order chi connectivity index (χ0) is 12.1. The number of carbonyl (C=O) groups is 2. The summed E-state index contributed by atoms with van der Waals surface area (Å²) in [6.45, 7) is 2.59. The molecule has 0 spiro atoms. The van der Waals surface area contributed by atoms with Gasteiger partial charge in [0, 0.05) is 13.6 Å². The molecule has 0 aromatic rings. The lowest BCUT2D eigenvalue weighted by Gasteiger charge is -2.13. The molecular formula is C9H17N5O2. The molecule has 0 saturated carbocycles. The van der Waals surface area contributed by atoms with Crippen molar-refractivity contribution in [3.63, 3.8) is 0 Å². The topological polar surface area (TPSA) is 99.8 Å². The molecule has 0 aromatic heterocycles. The Balaban J connectivity index is 2.60. The van der Waals surface area contributed by atoms with Crippen molar-refractivity contribution >= 4 is 17.8 Å². The quantitative estimate of drug-likeness (QED) is 0.180. The van der Waals surface area contributed by atoms with E-state index in [0.717, 1.165) is 11.3 Å². The Labute approximate surface area is 94.0 Å². The second-order valence-electron chi connectivity index (χ2n) is 3.57. The molecule has 0 bridgehead atoms. The second-order valence-corrected chi connectivity index (χ2v) is 3.57. The number of imide groups is 1. The average Bonchev–Trinajstić information content (AvgIpc) is 2.52. The predicted molar refractivity (Wildman–Crippen MR) is 59.2 cm³/mol. The van der Waals surface area contributed by atoms with Crippen LogP contribution in [0.4, 0.5) is 0 Å². The van der Waals surface area contributed by atoms with E-state index >= 15 is 0 Å². The van der Waals surface area contributed by atoms with Crippen LogP contribution < -0.4 is 16.6 Å². The fraction of sp³-hybridized carbons (Fsp3) is 0.667. The number of carbonyl (C=O) groups excluding carboxylic acids is 2. The van der Waals surface area contributed by atoms with Crippen LogP contribution in [0.5, 0.6) is 0 Å². The predicted octanol–water partition coefficient (Wildman–Crippen LogP) is -1.44. The minimum Gasteiger partial charge on any atom is -0.343 e. The smallest absolute Gasteiger partial charge is 0.252 e.